The normalized spacial score (nSPS) is 10.7. The Labute approximate surface area is 162 Å². The molecular formula is C20H14BrN3O3. The van der Waals surface area contributed by atoms with Gasteiger partial charge >= 0.3 is 5.69 Å². The van der Waals surface area contributed by atoms with Gasteiger partial charge in [0.2, 0.25) is 0 Å². The molecule has 1 amide bonds. The van der Waals surface area contributed by atoms with Crippen LogP contribution >= 0.6 is 15.9 Å². The number of nitrogens with one attached hydrogen (secondary N) is 3. The lowest BCUT2D eigenvalue weighted by atomic mass is 10.1. The first kappa shape index (κ1) is 17.1. The summed E-state index contributed by atoms with van der Waals surface area (Å²) in [6, 6.07) is 19.6. The Bertz CT molecular complexity index is 1200. The number of rotatable bonds is 4. The highest BCUT2D eigenvalue weighted by Crippen LogP contribution is 2.28. The van der Waals surface area contributed by atoms with Crippen LogP contribution in [0.15, 0.2) is 76.0 Å². The van der Waals surface area contributed by atoms with Crippen LogP contribution in [0.3, 0.4) is 0 Å². The van der Waals surface area contributed by atoms with Gasteiger partial charge in [-0.2, -0.15) is 0 Å². The second-order valence-corrected chi connectivity index (χ2v) is 6.76. The molecule has 1 aromatic heterocycles. The number of halogens is 1. The topological polar surface area (TPSA) is 87.0 Å². The minimum Gasteiger partial charge on any atom is -0.456 e. The van der Waals surface area contributed by atoms with Gasteiger partial charge in [0.25, 0.3) is 5.91 Å². The van der Waals surface area contributed by atoms with Gasteiger partial charge in [0.05, 0.1) is 16.6 Å². The second-order valence-electron chi connectivity index (χ2n) is 5.85. The first-order chi connectivity index (χ1) is 13.1. The molecule has 0 unspecified atom stereocenters. The van der Waals surface area contributed by atoms with Crippen molar-refractivity contribution in [2.75, 3.05) is 5.32 Å². The van der Waals surface area contributed by atoms with Crippen molar-refractivity contribution >= 4 is 38.6 Å². The molecule has 0 aliphatic heterocycles. The molecule has 0 aliphatic carbocycles. The van der Waals surface area contributed by atoms with Crippen LogP contribution in [0.25, 0.3) is 11.0 Å². The molecule has 0 saturated heterocycles. The molecule has 4 rings (SSSR count). The summed E-state index contributed by atoms with van der Waals surface area (Å²) in [5.41, 5.74) is 1.98. The standard InChI is InChI=1S/C20H14BrN3O3/c21-12-4-3-5-14(10-12)27-18-7-2-1-6-15(18)19(25)22-13-8-9-16-17(11-13)24-20(26)23-16/h1-11H,(H,22,25)(H2,23,24,26). The maximum absolute atomic E-state index is 12.8. The van der Waals surface area contributed by atoms with Crippen LogP contribution in [0.5, 0.6) is 11.5 Å². The number of aromatic nitrogens is 2. The van der Waals surface area contributed by atoms with Crippen molar-refractivity contribution in [3.05, 3.63) is 87.3 Å². The number of ether oxygens (including phenoxy) is 1. The number of benzene rings is 3. The van der Waals surface area contributed by atoms with Crippen LogP contribution in [-0.4, -0.2) is 15.9 Å². The van der Waals surface area contributed by atoms with Gasteiger partial charge in [0, 0.05) is 10.2 Å². The Hall–Kier alpha value is -3.32. The molecule has 6 nitrogen and oxygen atoms in total. The predicted molar refractivity (Wildman–Crippen MR) is 108 cm³/mol. The fourth-order valence-corrected chi connectivity index (χ4v) is 3.09. The van der Waals surface area contributed by atoms with E-state index in [1.807, 2.05) is 24.3 Å². The third-order valence-corrected chi connectivity index (χ3v) is 4.42. The van der Waals surface area contributed by atoms with Gasteiger partial charge in [-0.15, -0.1) is 0 Å². The largest absolute Gasteiger partial charge is 0.456 e. The Morgan fingerprint density at radius 1 is 0.926 bits per heavy atom. The summed E-state index contributed by atoms with van der Waals surface area (Å²) in [5, 5.41) is 2.83. The van der Waals surface area contributed by atoms with E-state index in [1.165, 1.54) is 0 Å². The molecule has 3 aromatic carbocycles. The zero-order valence-corrected chi connectivity index (χ0v) is 15.5. The summed E-state index contributed by atoms with van der Waals surface area (Å²) in [7, 11) is 0. The van der Waals surface area contributed by atoms with E-state index in [0.29, 0.717) is 33.8 Å². The highest BCUT2D eigenvalue weighted by atomic mass is 79.9. The third kappa shape index (κ3) is 3.78. The third-order valence-electron chi connectivity index (χ3n) is 3.93. The van der Waals surface area contributed by atoms with Crippen molar-refractivity contribution in [1.82, 2.24) is 9.97 Å². The second kappa shape index (κ2) is 7.13. The minimum absolute atomic E-state index is 0.291. The quantitative estimate of drug-likeness (QED) is 0.445. The summed E-state index contributed by atoms with van der Waals surface area (Å²) < 4.78 is 6.76. The fraction of sp³-hybridized carbons (Fsp3) is 0. The number of carbonyl (C=O) groups is 1. The van der Waals surface area contributed by atoms with Gasteiger partial charge in [-0.1, -0.05) is 34.1 Å². The van der Waals surface area contributed by atoms with Gasteiger partial charge in [-0.05, 0) is 48.5 Å². The Morgan fingerprint density at radius 3 is 2.59 bits per heavy atom. The molecule has 0 radical (unpaired) electrons. The van der Waals surface area contributed by atoms with E-state index in [1.54, 1.807) is 42.5 Å². The van der Waals surface area contributed by atoms with E-state index in [0.717, 1.165) is 4.47 Å². The lowest BCUT2D eigenvalue weighted by Crippen LogP contribution is -2.13. The van der Waals surface area contributed by atoms with Gasteiger partial charge in [0.15, 0.2) is 0 Å². The Kier molecular flexibility index (Phi) is 4.52. The lowest BCUT2D eigenvalue weighted by Gasteiger charge is -2.12. The number of H-pyrrole nitrogens is 2. The van der Waals surface area contributed by atoms with Crippen LogP contribution in [0.2, 0.25) is 0 Å². The smallest absolute Gasteiger partial charge is 0.323 e. The van der Waals surface area contributed by atoms with E-state index in [2.05, 4.69) is 31.2 Å². The summed E-state index contributed by atoms with van der Waals surface area (Å²) in [5.74, 6) is 0.762. The molecule has 1 heterocycles. The fourth-order valence-electron chi connectivity index (χ4n) is 2.71. The Balaban J connectivity index is 1.60. The first-order valence-corrected chi connectivity index (χ1v) is 8.94. The molecule has 0 bridgehead atoms. The molecule has 0 spiro atoms. The Morgan fingerprint density at radius 2 is 1.74 bits per heavy atom. The van der Waals surface area contributed by atoms with Crippen molar-refractivity contribution in [3.8, 4) is 11.5 Å². The molecule has 3 N–H and O–H groups in total. The zero-order valence-electron chi connectivity index (χ0n) is 14.0. The molecular weight excluding hydrogens is 410 g/mol. The number of imidazole rings is 1. The number of anilines is 1. The molecule has 7 heteroatoms. The number of hydrogen-bond donors (Lipinski definition) is 3. The highest BCUT2D eigenvalue weighted by molar-refractivity contribution is 9.10. The van der Waals surface area contributed by atoms with E-state index in [9.17, 15) is 9.59 Å². The van der Waals surface area contributed by atoms with E-state index < -0.39 is 0 Å². The van der Waals surface area contributed by atoms with E-state index in [4.69, 9.17) is 4.74 Å². The van der Waals surface area contributed by atoms with Gasteiger partial charge < -0.3 is 20.0 Å². The van der Waals surface area contributed by atoms with Crippen LogP contribution in [0, 0.1) is 0 Å². The minimum atomic E-state index is -0.308. The summed E-state index contributed by atoms with van der Waals surface area (Å²) >= 11 is 3.40. The van der Waals surface area contributed by atoms with Crippen LogP contribution in [0.1, 0.15) is 10.4 Å². The summed E-state index contributed by atoms with van der Waals surface area (Å²) in [6.07, 6.45) is 0. The number of fused-ring (bicyclic) bond motifs is 1. The molecule has 4 aromatic rings. The van der Waals surface area contributed by atoms with E-state index in [-0.39, 0.29) is 11.6 Å². The molecule has 0 atom stereocenters. The first-order valence-electron chi connectivity index (χ1n) is 8.14. The maximum Gasteiger partial charge on any atom is 0.323 e. The molecule has 27 heavy (non-hydrogen) atoms. The molecule has 134 valence electrons. The predicted octanol–water partition coefficient (Wildman–Crippen LogP) is 4.66. The monoisotopic (exact) mass is 423 g/mol. The number of aromatic amines is 2. The van der Waals surface area contributed by atoms with Gasteiger partial charge in [-0.25, -0.2) is 4.79 Å². The average Bonchev–Trinajstić information content (AvgIpc) is 3.01. The van der Waals surface area contributed by atoms with Gasteiger partial charge in [-0.3, -0.25) is 4.79 Å². The summed E-state index contributed by atoms with van der Waals surface area (Å²) in [6.45, 7) is 0. The zero-order chi connectivity index (χ0) is 18.8. The SMILES string of the molecule is O=C(Nc1ccc2[nH]c(=O)[nH]c2c1)c1ccccc1Oc1cccc(Br)c1. The molecule has 0 saturated carbocycles. The summed E-state index contributed by atoms with van der Waals surface area (Å²) in [4.78, 5) is 29.5. The maximum atomic E-state index is 12.8. The number of hydrogen-bond acceptors (Lipinski definition) is 3. The van der Waals surface area contributed by atoms with Crippen molar-refractivity contribution in [1.29, 1.82) is 0 Å². The van der Waals surface area contributed by atoms with Crippen LogP contribution in [0.4, 0.5) is 5.69 Å². The molecule has 0 aliphatic rings. The van der Waals surface area contributed by atoms with Crippen LogP contribution < -0.4 is 15.7 Å². The highest BCUT2D eigenvalue weighted by Gasteiger charge is 2.14. The van der Waals surface area contributed by atoms with E-state index >= 15 is 0 Å². The average molecular weight is 424 g/mol. The van der Waals surface area contributed by atoms with Crippen molar-refractivity contribution in [2.24, 2.45) is 0 Å². The van der Waals surface area contributed by atoms with Crippen LogP contribution in [-0.2, 0) is 0 Å². The van der Waals surface area contributed by atoms with Crippen molar-refractivity contribution in [3.63, 3.8) is 0 Å². The number of amides is 1. The van der Waals surface area contributed by atoms with Crippen molar-refractivity contribution in [2.45, 2.75) is 0 Å². The van der Waals surface area contributed by atoms with Gasteiger partial charge in [0.1, 0.15) is 11.5 Å². The van der Waals surface area contributed by atoms with Crippen molar-refractivity contribution < 1.29 is 9.53 Å². The number of para-hydroxylation sites is 1. The number of carbonyl (C=O) groups excluding carboxylic acids is 1. The lowest BCUT2D eigenvalue weighted by molar-refractivity contribution is 0.102. The molecule has 0 fully saturated rings.